The Kier molecular flexibility index (Phi) is 6.49. The highest BCUT2D eigenvalue weighted by Gasteiger charge is 2.11. The number of allylic oxidation sites excluding steroid dienone is 1. The molecule has 138 valence electrons. The highest BCUT2D eigenvalue weighted by atomic mass is 16.6. The van der Waals surface area contributed by atoms with E-state index in [2.05, 4.69) is 0 Å². The van der Waals surface area contributed by atoms with Gasteiger partial charge in [-0.2, -0.15) is 5.26 Å². The Balaban J connectivity index is 2.39. The van der Waals surface area contributed by atoms with Crippen molar-refractivity contribution in [3.63, 3.8) is 0 Å². The topological polar surface area (TPSA) is 123 Å². The second-order valence-corrected chi connectivity index (χ2v) is 5.30. The number of carbonyl (C=O) groups is 1. The zero-order chi connectivity index (χ0) is 19.8. The molecule has 0 heterocycles. The van der Waals surface area contributed by atoms with Crippen LogP contribution in [0, 0.1) is 21.4 Å². The van der Waals surface area contributed by atoms with E-state index >= 15 is 0 Å². The minimum Gasteiger partial charge on any atom is -0.490 e. The summed E-state index contributed by atoms with van der Waals surface area (Å²) in [6.07, 6.45) is 1.56. The standard InChI is InChI=1S/C19H16N2O6/c1-2-26-18-9-13(6-7-17(18)27-12-19(22)23)8-15(11-20)14-4-3-5-16(10-14)21(24)25/h3-10H,2,12H2,1H3,(H,22,23)/b15-8-. The van der Waals surface area contributed by atoms with Gasteiger partial charge in [-0.15, -0.1) is 0 Å². The van der Waals surface area contributed by atoms with Crippen molar-refractivity contribution in [1.82, 2.24) is 0 Å². The second kappa shape index (κ2) is 9.01. The third kappa shape index (κ3) is 5.31. The third-order valence-corrected chi connectivity index (χ3v) is 3.42. The molecule has 27 heavy (non-hydrogen) atoms. The van der Waals surface area contributed by atoms with Gasteiger partial charge in [0.15, 0.2) is 18.1 Å². The molecule has 0 spiro atoms. The first-order valence-electron chi connectivity index (χ1n) is 7.92. The summed E-state index contributed by atoms with van der Waals surface area (Å²) in [5, 5.41) is 29.1. The first kappa shape index (κ1) is 19.5. The van der Waals surface area contributed by atoms with Gasteiger partial charge in [0.05, 0.1) is 23.2 Å². The zero-order valence-electron chi connectivity index (χ0n) is 14.4. The molecule has 8 nitrogen and oxygen atoms in total. The molecule has 0 atom stereocenters. The van der Waals surface area contributed by atoms with Crippen molar-refractivity contribution >= 4 is 23.3 Å². The highest BCUT2D eigenvalue weighted by molar-refractivity contribution is 5.90. The molecule has 2 aromatic rings. The van der Waals surface area contributed by atoms with Gasteiger partial charge in [-0.05, 0) is 36.3 Å². The monoisotopic (exact) mass is 368 g/mol. The van der Waals surface area contributed by atoms with E-state index in [1.165, 1.54) is 18.2 Å². The summed E-state index contributed by atoms with van der Waals surface area (Å²) in [6, 6.07) is 12.6. The Morgan fingerprint density at radius 2 is 2.04 bits per heavy atom. The lowest BCUT2D eigenvalue weighted by atomic mass is 10.0. The van der Waals surface area contributed by atoms with Gasteiger partial charge in [0.25, 0.3) is 5.69 Å². The van der Waals surface area contributed by atoms with E-state index in [0.717, 1.165) is 0 Å². The number of rotatable bonds is 8. The van der Waals surface area contributed by atoms with Gasteiger partial charge in [0.2, 0.25) is 0 Å². The van der Waals surface area contributed by atoms with Crippen LogP contribution in [0.15, 0.2) is 42.5 Å². The van der Waals surface area contributed by atoms with E-state index in [-0.39, 0.29) is 17.0 Å². The van der Waals surface area contributed by atoms with Crippen molar-refractivity contribution in [2.24, 2.45) is 0 Å². The summed E-state index contributed by atoms with van der Waals surface area (Å²) >= 11 is 0. The Hall–Kier alpha value is -3.86. The summed E-state index contributed by atoms with van der Waals surface area (Å²) in [5.74, 6) is -0.507. The molecule has 0 amide bonds. The molecule has 0 radical (unpaired) electrons. The fourth-order valence-corrected chi connectivity index (χ4v) is 2.28. The lowest BCUT2D eigenvalue weighted by Gasteiger charge is -2.11. The predicted molar refractivity (Wildman–Crippen MR) is 97.3 cm³/mol. The van der Waals surface area contributed by atoms with Crippen molar-refractivity contribution < 1.29 is 24.3 Å². The number of carboxylic acid groups (broad SMARTS) is 1. The van der Waals surface area contributed by atoms with Crippen LogP contribution >= 0.6 is 0 Å². The number of nitrogens with zero attached hydrogens (tertiary/aromatic N) is 2. The number of ether oxygens (including phenoxy) is 2. The van der Waals surface area contributed by atoms with Crippen molar-refractivity contribution in [1.29, 1.82) is 5.26 Å². The first-order chi connectivity index (χ1) is 12.9. The Labute approximate surface area is 155 Å². The fraction of sp³-hybridized carbons (Fsp3) is 0.158. The lowest BCUT2D eigenvalue weighted by Crippen LogP contribution is -2.10. The number of hydrogen-bond donors (Lipinski definition) is 1. The maximum atomic E-state index is 10.9. The van der Waals surface area contributed by atoms with Gasteiger partial charge >= 0.3 is 5.97 Å². The van der Waals surface area contributed by atoms with E-state index in [1.807, 2.05) is 6.07 Å². The average molecular weight is 368 g/mol. The Morgan fingerprint density at radius 1 is 1.26 bits per heavy atom. The molecular weight excluding hydrogens is 352 g/mol. The average Bonchev–Trinajstić information content (AvgIpc) is 2.65. The van der Waals surface area contributed by atoms with E-state index < -0.39 is 17.5 Å². The summed E-state index contributed by atoms with van der Waals surface area (Å²) < 4.78 is 10.6. The zero-order valence-corrected chi connectivity index (χ0v) is 14.4. The van der Waals surface area contributed by atoms with Crippen LogP contribution in [-0.4, -0.2) is 29.2 Å². The maximum absolute atomic E-state index is 10.9. The minimum absolute atomic E-state index is 0.110. The van der Waals surface area contributed by atoms with Crippen molar-refractivity contribution in [2.75, 3.05) is 13.2 Å². The number of non-ortho nitro benzene ring substituents is 1. The van der Waals surface area contributed by atoms with Crippen molar-refractivity contribution in [3.8, 4) is 17.6 Å². The molecule has 0 aliphatic heterocycles. The molecule has 2 aromatic carbocycles. The van der Waals surface area contributed by atoms with Crippen LogP contribution in [-0.2, 0) is 4.79 Å². The lowest BCUT2D eigenvalue weighted by molar-refractivity contribution is -0.384. The maximum Gasteiger partial charge on any atom is 0.341 e. The van der Waals surface area contributed by atoms with Gasteiger partial charge in [-0.25, -0.2) is 4.79 Å². The molecule has 0 saturated heterocycles. The normalized spacial score (nSPS) is 10.7. The highest BCUT2D eigenvalue weighted by Crippen LogP contribution is 2.30. The molecule has 0 bridgehead atoms. The van der Waals surface area contributed by atoms with Gasteiger partial charge in [-0.1, -0.05) is 18.2 Å². The molecule has 0 unspecified atom stereocenters. The van der Waals surface area contributed by atoms with Crippen molar-refractivity contribution in [3.05, 3.63) is 63.7 Å². The number of nitro groups is 1. The molecule has 0 aromatic heterocycles. The number of nitro benzene ring substituents is 1. The molecule has 1 N–H and O–H groups in total. The van der Waals surface area contributed by atoms with Crippen LogP contribution in [0.2, 0.25) is 0 Å². The van der Waals surface area contributed by atoms with Crippen LogP contribution in [0.1, 0.15) is 18.1 Å². The van der Waals surface area contributed by atoms with Crippen LogP contribution in [0.3, 0.4) is 0 Å². The fourth-order valence-electron chi connectivity index (χ4n) is 2.28. The smallest absolute Gasteiger partial charge is 0.341 e. The summed E-state index contributed by atoms with van der Waals surface area (Å²) in [6.45, 7) is 1.60. The number of benzene rings is 2. The Morgan fingerprint density at radius 3 is 2.67 bits per heavy atom. The molecule has 0 aliphatic rings. The largest absolute Gasteiger partial charge is 0.490 e. The molecule has 0 aliphatic carbocycles. The number of nitriles is 1. The van der Waals surface area contributed by atoms with Gasteiger partial charge in [0, 0.05) is 12.1 Å². The summed E-state index contributed by atoms with van der Waals surface area (Å²) in [5.41, 5.74) is 1.14. The van der Waals surface area contributed by atoms with E-state index in [0.29, 0.717) is 23.5 Å². The van der Waals surface area contributed by atoms with E-state index in [1.54, 1.807) is 37.3 Å². The summed E-state index contributed by atoms with van der Waals surface area (Å²) in [7, 11) is 0. The molecule has 8 heteroatoms. The molecular formula is C19H16N2O6. The second-order valence-electron chi connectivity index (χ2n) is 5.30. The molecule has 0 fully saturated rings. The van der Waals surface area contributed by atoms with E-state index in [4.69, 9.17) is 14.6 Å². The van der Waals surface area contributed by atoms with Crippen LogP contribution in [0.5, 0.6) is 11.5 Å². The third-order valence-electron chi connectivity index (χ3n) is 3.42. The van der Waals surface area contributed by atoms with Gasteiger partial charge in [-0.3, -0.25) is 10.1 Å². The Bertz CT molecular complexity index is 930. The minimum atomic E-state index is -1.11. The molecule has 2 rings (SSSR count). The number of aliphatic carboxylic acids is 1. The van der Waals surface area contributed by atoms with Crippen molar-refractivity contribution in [2.45, 2.75) is 6.92 Å². The van der Waals surface area contributed by atoms with Gasteiger partial charge in [0.1, 0.15) is 0 Å². The molecule has 0 saturated carbocycles. The first-order valence-corrected chi connectivity index (χ1v) is 7.92. The quantitative estimate of drug-likeness (QED) is 0.327. The number of carboxylic acids is 1. The van der Waals surface area contributed by atoms with E-state index in [9.17, 15) is 20.2 Å². The van der Waals surface area contributed by atoms with Crippen LogP contribution < -0.4 is 9.47 Å². The van der Waals surface area contributed by atoms with Gasteiger partial charge < -0.3 is 14.6 Å². The summed E-state index contributed by atoms with van der Waals surface area (Å²) in [4.78, 5) is 21.1. The predicted octanol–water partition coefficient (Wildman–Crippen LogP) is 3.52. The van der Waals surface area contributed by atoms with Crippen LogP contribution in [0.25, 0.3) is 11.6 Å². The number of hydrogen-bond acceptors (Lipinski definition) is 6. The SMILES string of the molecule is CCOc1cc(/C=C(/C#N)c2cccc([N+](=O)[O-])c2)ccc1OCC(=O)O. The van der Waals surface area contributed by atoms with Crippen LogP contribution in [0.4, 0.5) is 5.69 Å².